The Kier molecular flexibility index (Phi) is 1.21. The van der Waals surface area contributed by atoms with Crippen molar-refractivity contribution in [2.24, 2.45) is 0 Å². The monoisotopic (exact) mass is 151 g/mol. The summed E-state index contributed by atoms with van der Waals surface area (Å²) >= 11 is 1.37. The topological polar surface area (TPSA) is 0 Å². The predicted molar refractivity (Wildman–Crippen MR) is 39.7 cm³/mol. The van der Waals surface area contributed by atoms with E-state index >= 15 is 0 Å². The molecule has 49 valence electrons. The molecular formula is C8H4FS. The van der Waals surface area contributed by atoms with Crippen molar-refractivity contribution in [2.75, 3.05) is 0 Å². The SMILES string of the molecule is Fc1cscc2cc[c]c1-2. The van der Waals surface area contributed by atoms with Gasteiger partial charge in [-0.25, -0.2) is 4.39 Å². The van der Waals surface area contributed by atoms with Gasteiger partial charge in [0, 0.05) is 10.9 Å². The van der Waals surface area contributed by atoms with Gasteiger partial charge < -0.3 is 0 Å². The fraction of sp³-hybridized carbons (Fsp3) is 0. The summed E-state index contributed by atoms with van der Waals surface area (Å²) in [6, 6.07) is 6.41. The van der Waals surface area contributed by atoms with Crippen LogP contribution in [0.15, 0.2) is 22.9 Å². The van der Waals surface area contributed by atoms with Gasteiger partial charge in [-0.2, -0.15) is 0 Å². The molecular weight excluding hydrogens is 147 g/mol. The van der Waals surface area contributed by atoms with Gasteiger partial charge in [-0.3, -0.25) is 0 Å². The van der Waals surface area contributed by atoms with Crippen molar-refractivity contribution in [2.45, 2.75) is 0 Å². The molecule has 0 atom stereocenters. The summed E-state index contributed by atoms with van der Waals surface area (Å²) in [5.41, 5.74) is 1.53. The fourth-order valence-electron chi connectivity index (χ4n) is 0.912. The molecule has 0 N–H and O–H groups in total. The Morgan fingerprint density at radius 2 is 2.30 bits per heavy atom. The van der Waals surface area contributed by atoms with Gasteiger partial charge in [-0.15, -0.1) is 11.3 Å². The number of halogens is 1. The maximum absolute atomic E-state index is 12.8. The molecule has 1 aliphatic heterocycles. The number of hydrogen-bond donors (Lipinski definition) is 0. The summed E-state index contributed by atoms with van der Waals surface area (Å²) in [4.78, 5) is 0. The number of hydrogen-bond acceptors (Lipinski definition) is 1. The molecule has 0 aromatic carbocycles. The van der Waals surface area contributed by atoms with Gasteiger partial charge >= 0.3 is 0 Å². The van der Waals surface area contributed by atoms with Crippen molar-refractivity contribution < 1.29 is 4.39 Å². The summed E-state index contributed by atoms with van der Waals surface area (Å²) in [6.45, 7) is 0. The quantitative estimate of drug-likeness (QED) is 0.543. The molecule has 0 aromatic rings. The van der Waals surface area contributed by atoms with Crippen LogP contribution in [0.5, 0.6) is 0 Å². The van der Waals surface area contributed by atoms with Crippen molar-refractivity contribution in [3.8, 4) is 11.1 Å². The van der Waals surface area contributed by atoms with Gasteiger partial charge in [0.1, 0.15) is 5.82 Å². The smallest absolute Gasteiger partial charge is 0.141 e. The van der Waals surface area contributed by atoms with Gasteiger partial charge in [0.2, 0.25) is 0 Å². The summed E-state index contributed by atoms with van der Waals surface area (Å²) in [5, 5.41) is 3.40. The van der Waals surface area contributed by atoms with Crippen LogP contribution in [0.3, 0.4) is 0 Å². The molecule has 1 heterocycles. The van der Waals surface area contributed by atoms with Gasteiger partial charge in [-0.1, -0.05) is 12.1 Å². The van der Waals surface area contributed by atoms with Crippen molar-refractivity contribution in [1.82, 2.24) is 0 Å². The molecule has 0 saturated heterocycles. The Morgan fingerprint density at radius 1 is 1.40 bits per heavy atom. The third-order valence-corrected chi connectivity index (χ3v) is 2.12. The molecule has 2 aliphatic rings. The third kappa shape index (κ3) is 0.727. The summed E-state index contributed by atoms with van der Waals surface area (Å²) < 4.78 is 12.8. The highest BCUT2D eigenvalue weighted by Crippen LogP contribution is 2.26. The zero-order valence-electron chi connectivity index (χ0n) is 5.10. The second-order valence-corrected chi connectivity index (χ2v) is 2.77. The van der Waals surface area contributed by atoms with Crippen molar-refractivity contribution >= 4 is 11.3 Å². The number of fused-ring (bicyclic) bond motifs is 1. The van der Waals surface area contributed by atoms with E-state index in [9.17, 15) is 4.39 Å². The Morgan fingerprint density at radius 3 is 3.10 bits per heavy atom. The van der Waals surface area contributed by atoms with Gasteiger partial charge in [0.05, 0.1) is 0 Å². The first kappa shape index (κ1) is 5.86. The van der Waals surface area contributed by atoms with Crippen LogP contribution in [0.2, 0.25) is 0 Å². The van der Waals surface area contributed by atoms with E-state index in [1.54, 1.807) is 6.07 Å². The first-order valence-corrected chi connectivity index (χ1v) is 3.84. The normalized spacial score (nSPS) is 10.5. The van der Waals surface area contributed by atoms with Crippen LogP contribution in [0.25, 0.3) is 11.1 Å². The lowest BCUT2D eigenvalue weighted by molar-refractivity contribution is 0.635. The fourth-order valence-corrected chi connectivity index (χ4v) is 1.56. The molecule has 1 radical (unpaired) electrons. The molecule has 2 heteroatoms. The van der Waals surface area contributed by atoms with Gasteiger partial charge in [0.25, 0.3) is 0 Å². The Bertz CT molecular complexity index is 313. The van der Waals surface area contributed by atoms with Crippen molar-refractivity contribution in [3.63, 3.8) is 0 Å². The van der Waals surface area contributed by atoms with Crippen LogP contribution in [0.4, 0.5) is 4.39 Å². The second-order valence-electron chi connectivity index (χ2n) is 2.03. The van der Waals surface area contributed by atoms with E-state index in [0.29, 0.717) is 5.56 Å². The summed E-state index contributed by atoms with van der Waals surface area (Å²) in [7, 11) is 0. The van der Waals surface area contributed by atoms with Crippen molar-refractivity contribution in [1.29, 1.82) is 0 Å². The van der Waals surface area contributed by atoms with E-state index in [4.69, 9.17) is 0 Å². The lowest BCUT2D eigenvalue weighted by atomic mass is 10.2. The Labute approximate surface area is 62.3 Å². The lowest BCUT2D eigenvalue weighted by Crippen LogP contribution is -1.76. The van der Waals surface area contributed by atoms with E-state index in [0.717, 1.165) is 5.56 Å². The van der Waals surface area contributed by atoms with Crippen LogP contribution in [0.1, 0.15) is 0 Å². The van der Waals surface area contributed by atoms with Gasteiger partial charge in [0.15, 0.2) is 0 Å². The molecule has 0 nitrogen and oxygen atoms in total. The number of rotatable bonds is 0. The average molecular weight is 151 g/mol. The van der Waals surface area contributed by atoms with E-state index in [2.05, 4.69) is 6.07 Å². The minimum atomic E-state index is -0.174. The molecule has 0 spiro atoms. The largest absolute Gasteiger partial charge is 0.205 e. The van der Waals surface area contributed by atoms with Crippen LogP contribution < -0.4 is 0 Å². The first-order chi connectivity index (χ1) is 4.88. The molecule has 1 aliphatic carbocycles. The Balaban J connectivity index is 2.80. The summed E-state index contributed by atoms with van der Waals surface area (Å²) in [5.74, 6) is -0.174. The molecule has 10 heavy (non-hydrogen) atoms. The lowest BCUT2D eigenvalue weighted by Gasteiger charge is -1.95. The average Bonchev–Trinajstić information content (AvgIpc) is 2.36. The molecule has 0 fully saturated rings. The van der Waals surface area contributed by atoms with E-state index < -0.39 is 0 Å². The molecule has 0 saturated carbocycles. The highest BCUT2D eigenvalue weighted by Gasteiger charge is 2.05. The maximum atomic E-state index is 12.8. The highest BCUT2D eigenvalue weighted by molar-refractivity contribution is 7.08. The summed E-state index contributed by atoms with van der Waals surface area (Å²) in [6.07, 6.45) is 0. The van der Waals surface area contributed by atoms with E-state index in [-0.39, 0.29) is 5.82 Å². The van der Waals surface area contributed by atoms with E-state index in [1.807, 2.05) is 11.4 Å². The first-order valence-electron chi connectivity index (χ1n) is 2.90. The van der Waals surface area contributed by atoms with Crippen LogP contribution in [-0.4, -0.2) is 0 Å². The molecule has 0 amide bonds. The van der Waals surface area contributed by atoms with Crippen LogP contribution >= 0.6 is 11.3 Å². The highest BCUT2D eigenvalue weighted by atomic mass is 32.1. The van der Waals surface area contributed by atoms with Crippen LogP contribution in [0, 0.1) is 11.9 Å². The van der Waals surface area contributed by atoms with Gasteiger partial charge in [-0.05, 0) is 17.0 Å². The third-order valence-electron chi connectivity index (χ3n) is 1.38. The standard InChI is InChI=1S/C8H4FS/c9-8-5-10-4-6-2-1-3-7(6)8/h1-2,4-5H. The minimum absolute atomic E-state index is 0.174. The molecule has 0 unspecified atom stereocenters. The molecule has 0 aromatic heterocycles. The Hall–Kier alpha value is -0.890. The molecule has 0 bridgehead atoms. The minimum Gasteiger partial charge on any atom is -0.205 e. The zero-order chi connectivity index (χ0) is 6.97. The van der Waals surface area contributed by atoms with E-state index in [1.165, 1.54) is 16.7 Å². The van der Waals surface area contributed by atoms with Crippen LogP contribution in [-0.2, 0) is 0 Å². The zero-order valence-corrected chi connectivity index (χ0v) is 5.91. The molecule has 2 rings (SSSR count). The second kappa shape index (κ2) is 2.06. The maximum Gasteiger partial charge on any atom is 0.141 e. The van der Waals surface area contributed by atoms with Crippen molar-refractivity contribution in [3.05, 3.63) is 34.8 Å². The predicted octanol–water partition coefficient (Wildman–Crippen LogP) is 2.79.